The van der Waals surface area contributed by atoms with Crippen LogP contribution in [0.4, 0.5) is 25.8 Å². The minimum Gasteiger partial charge on any atom is -0.489 e. The van der Waals surface area contributed by atoms with Crippen molar-refractivity contribution in [3.63, 3.8) is 0 Å². The Bertz CT molecular complexity index is 993. The molecule has 0 spiro atoms. The van der Waals surface area contributed by atoms with Gasteiger partial charge in [0.2, 0.25) is 0 Å². The molecule has 3 aromatic rings. The van der Waals surface area contributed by atoms with E-state index in [0.29, 0.717) is 17.1 Å². The zero-order valence-electron chi connectivity index (χ0n) is 15.4. The number of aromatic nitrogens is 1. The summed E-state index contributed by atoms with van der Waals surface area (Å²) in [6.07, 6.45) is 2.79. The smallest absolute Gasteiger partial charge is 0.257 e. The van der Waals surface area contributed by atoms with Gasteiger partial charge in [0.1, 0.15) is 17.4 Å². The van der Waals surface area contributed by atoms with Crippen LogP contribution < -0.4 is 15.4 Å². The molecule has 7 heteroatoms. The molecule has 144 valence electrons. The first-order valence-electron chi connectivity index (χ1n) is 8.66. The van der Waals surface area contributed by atoms with Gasteiger partial charge in [-0.3, -0.25) is 9.78 Å². The van der Waals surface area contributed by atoms with E-state index in [1.165, 1.54) is 24.5 Å². The van der Waals surface area contributed by atoms with Crippen molar-refractivity contribution in [3.8, 4) is 5.75 Å². The average molecular weight is 383 g/mol. The van der Waals surface area contributed by atoms with Gasteiger partial charge in [0, 0.05) is 12.3 Å². The minimum atomic E-state index is -0.741. The number of nitrogens with zero attached hydrogens (tertiary/aromatic N) is 1. The molecule has 0 aliphatic heterocycles. The summed E-state index contributed by atoms with van der Waals surface area (Å²) in [5, 5.41) is 5.57. The number of amides is 1. The van der Waals surface area contributed by atoms with Crippen molar-refractivity contribution in [2.75, 3.05) is 10.6 Å². The predicted octanol–water partition coefficient (Wildman–Crippen LogP) is 5.14. The van der Waals surface area contributed by atoms with Crippen LogP contribution in [0.5, 0.6) is 5.75 Å². The Morgan fingerprint density at radius 2 is 1.82 bits per heavy atom. The van der Waals surface area contributed by atoms with Gasteiger partial charge >= 0.3 is 0 Å². The highest BCUT2D eigenvalue weighted by Crippen LogP contribution is 2.26. The number of anilines is 3. The first kappa shape index (κ1) is 19.3. The van der Waals surface area contributed by atoms with Crippen molar-refractivity contribution in [2.24, 2.45) is 0 Å². The molecule has 0 atom stereocenters. The second kappa shape index (κ2) is 8.47. The van der Waals surface area contributed by atoms with Crippen molar-refractivity contribution in [2.45, 2.75) is 20.0 Å². The number of halogens is 2. The van der Waals surface area contributed by atoms with E-state index in [-0.39, 0.29) is 17.4 Å². The van der Waals surface area contributed by atoms with Crippen molar-refractivity contribution >= 4 is 23.0 Å². The number of hydrogen-bond acceptors (Lipinski definition) is 4. The number of pyridine rings is 1. The van der Waals surface area contributed by atoms with Gasteiger partial charge in [-0.2, -0.15) is 0 Å². The Hall–Kier alpha value is -3.48. The zero-order valence-corrected chi connectivity index (χ0v) is 15.4. The first-order chi connectivity index (χ1) is 13.4. The zero-order chi connectivity index (χ0) is 20.1. The molecular formula is C21H19F2N3O2. The molecule has 1 heterocycles. The van der Waals surface area contributed by atoms with E-state index in [4.69, 9.17) is 4.74 Å². The molecule has 28 heavy (non-hydrogen) atoms. The molecule has 0 bridgehead atoms. The van der Waals surface area contributed by atoms with Crippen molar-refractivity contribution in [1.82, 2.24) is 4.98 Å². The largest absolute Gasteiger partial charge is 0.489 e. The van der Waals surface area contributed by atoms with Gasteiger partial charge in [-0.1, -0.05) is 12.1 Å². The van der Waals surface area contributed by atoms with Crippen molar-refractivity contribution in [3.05, 3.63) is 78.1 Å². The molecule has 0 unspecified atom stereocenters. The molecule has 0 saturated carbocycles. The van der Waals surface area contributed by atoms with Crippen molar-refractivity contribution < 1.29 is 18.3 Å². The fourth-order valence-corrected chi connectivity index (χ4v) is 2.50. The maximum Gasteiger partial charge on any atom is 0.257 e. The summed E-state index contributed by atoms with van der Waals surface area (Å²) in [5.74, 6) is -1.25. The molecule has 2 aromatic carbocycles. The molecule has 1 aromatic heterocycles. The fourth-order valence-electron chi connectivity index (χ4n) is 2.50. The predicted molar refractivity (Wildman–Crippen MR) is 104 cm³/mol. The van der Waals surface area contributed by atoms with Gasteiger partial charge in [-0.25, -0.2) is 8.78 Å². The van der Waals surface area contributed by atoms with Gasteiger partial charge in [0.25, 0.3) is 5.91 Å². The lowest BCUT2D eigenvalue weighted by molar-refractivity contribution is 0.102. The molecule has 1 amide bonds. The summed E-state index contributed by atoms with van der Waals surface area (Å²) >= 11 is 0. The third-order valence-corrected chi connectivity index (χ3v) is 3.71. The average Bonchev–Trinajstić information content (AvgIpc) is 2.65. The number of rotatable bonds is 6. The molecule has 0 fully saturated rings. The van der Waals surface area contributed by atoms with E-state index in [1.54, 1.807) is 18.2 Å². The molecule has 2 N–H and O–H groups in total. The Balaban J connectivity index is 1.78. The molecule has 0 aliphatic rings. The summed E-state index contributed by atoms with van der Waals surface area (Å²) in [4.78, 5) is 16.6. The van der Waals surface area contributed by atoms with Gasteiger partial charge < -0.3 is 15.4 Å². The molecule has 0 aliphatic carbocycles. The molecule has 5 nitrogen and oxygen atoms in total. The number of para-hydroxylation sites is 2. The van der Waals surface area contributed by atoms with Gasteiger partial charge in [-0.15, -0.1) is 0 Å². The van der Waals surface area contributed by atoms with E-state index in [1.807, 2.05) is 19.9 Å². The van der Waals surface area contributed by atoms with Crippen LogP contribution in [-0.2, 0) is 0 Å². The lowest BCUT2D eigenvalue weighted by Gasteiger charge is -2.15. The van der Waals surface area contributed by atoms with E-state index >= 15 is 0 Å². The van der Waals surface area contributed by atoms with E-state index < -0.39 is 17.5 Å². The quantitative estimate of drug-likeness (QED) is 0.618. The number of carbonyl (C=O) groups is 1. The van der Waals surface area contributed by atoms with E-state index in [0.717, 1.165) is 12.1 Å². The van der Waals surface area contributed by atoms with E-state index in [2.05, 4.69) is 15.6 Å². The molecule has 0 saturated heterocycles. The molecule has 3 rings (SSSR count). The fraction of sp³-hybridized carbons (Fsp3) is 0.143. The van der Waals surface area contributed by atoms with Crippen LogP contribution in [0.2, 0.25) is 0 Å². The summed E-state index contributed by atoms with van der Waals surface area (Å²) in [7, 11) is 0. The van der Waals surface area contributed by atoms with Crippen LogP contribution in [0, 0.1) is 11.6 Å². The number of carbonyl (C=O) groups excluding carboxylic acids is 1. The highest BCUT2D eigenvalue weighted by Gasteiger charge is 2.12. The van der Waals surface area contributed by atoms with Crippen LogP contribution in [-0.4, -0.2) is 17.0 Å². The van der Waals surface area contributed by atoms with Crippen LogP contribution in [0.25, 0.3) is 0 Å². The number of ether oxygens (including phenoxy) is 1. The Kier molecular flexibility index (Phi) is 5.84. The van der Waals surface area contributed by atoms with Crippen LogP contribution in [0.1, 0.15) is 24.2 Å². The molecule has 0 radical (unpaired) electrons. The second-order valence-corrected chi connectivity index (χ2v) is 6.33. The first-order valence-corrected chi connectivity index (χ1v) is 8.66. The van der Waals surface area contributed by atoms with Crippen LogP contribution in [0.3, 0.4) is 0 Å². The summed E-state index contributed by atoms with van der Waals surface area (Å²) in [5.41, 5.74) is 1.28. The number of hydrogen-bond donors (Lipinski definition) is 2. The van der Waals surface area contributed by atoms with Gasteiger partial charge in [-0.05, 0) is 44.2 Å². The number of nitrogens with one attached hydrogen (secondary N) is 2. The molecular weight excluding hydrogens is 364 g/mol. The Morgan fingerprint density at radius 3 is 2.57 bits per heavy atom. The monoisotopic (exact) mass is 383 g/mol. The second-order valence-electron chi connectivity index (χ2n) is 6.33. The minimum absolute atomic E-state index is 0.0437. The highest BCUT2D eigenvalue weighted by molar-refractivity contribution is 6.05. The van der Waals surface area contributed by atoms with Crippen LogP contribution >= 0.6 is 0 Å². The van der Waals surface area contributed by atoms with E-state index in [9.17, 15) is 13.6 Å². The summed E-state index contributed by atoms with van der Waals surface area (Å²) in [6, 6.07) is 11.8. The lowest BCUT2D eigenvalue weighted by Crippen LogP contribution is -2.15. The third kappa shape index (κ3) is 4.82. The summed E-state index contributed by atoms with van der Waals surface area (Å²) < 4.78 is 32.5. The van der Waals surface area contributed by atoms with Gasteiger partial charge in [0.15, 0.2) is 0 Å². The lowest BCUT2D eigenvalue weighted by atomic mass is 10.2. The SMILES string of the molecule is CC(C)Oc1ccccc1NC(=O)c1cncc(Nc2ccc(F)cc2F)c1. The van der Waals surface area contributed by atoms with Crippen molar-refractivity contribution in [1.29, 1.82) is 0 Å². The third-order valence-electron chi connectivity index (χ3n) is 3.71. The number of benzene rings is 2. The Morgan fingerprint density at radius 1 is 1.04 bits per heavy atom. The van der Waals surface area contributed by atoms with Crippen LogP contribution in [0.15, 0.2) is 60.9 Å². The van der Waals surface area contributed by atoms with Gasteiger partial charge in [0.05, 0.1) is 34.9 Å². The normalized spacial score (nSPS) is 10.6. The summed E-state index contributed by atoms with van der Waals surface area (Å²) in [6.45, 7) is 3.79. The Labute approximate surface area is 161 Å². The maximum atomic E-state index is 13.8. The highest BCUT2D eigenvalue weighted by atomic mass is 19.1. The topological polar surface area (TPSA) is 63.2 Å². The maximum absolute atomic E-state index is 13.8. The standard InChI is InChI=1S/C21H19F2N3O2/c1-13(2)28-20-6-4-3-5-19(20)26-21(27)14-9-16(12-24-11-14)25-18-8-7-15(22)10-17(18)23/h3-13,25H,1-2H3,(H,26,27).